The highest BCUT2D eigenvalue weighted by Crippen LogP contribution is 2.45. The van der Waals surface area contributed by atoms with E-state index in [0.29, 0.717) is 0 Å². The molecule has 2 aromatic rings. The van der Waals surface area contributed by atoms with Crippen LogP contribution in [0, 0.1) is 6.92 Å². The summed E-state index contributed by atoms with van der Waals surface area (Å²) in [6, 6.07) is 3.37. The van der Waals surface area contributed by atoms with Crippen molar-refractivity contribution in [2.75, 3.05) is 11.4 Å². The average Bonchev–Trinajstić information content (AvgIpc) is 2.88. The summed E-state index contributed by atoms with van der Waals surface area (Å²) in [5, 5.41) is 0.0983. The van der Waals surface area contributed by atoms with E-state index < -0.39 is 17.3 Å². The van der Waals surface area contributed by atoms with Gasteiger partial charge >= 0.3 is 6.18 Å². The molecule has 4 rings (SSSR count). The predicted octanol–water partition coefficient (Wildman–Crippen LogP) is 4.16. The van der Waals surface area contributed by atoms with Crippen LogP contribution in [0.25, 0.3) is 10.9 Å². The van der Waals surface area contributed by atoms with Crippen molar-refractivity contribution in [1.29, 1.82) is 0 Å². The smallest absolute Gasteiger partial charge is 0.366 e. The normalized spacial score (nSPS) is 23.5. The van der Waals surface area contributed by atoms with E-state index in [1.807, 2.05) is 0 Å². The lowest BCUT2D eigenvalue weighted by molar-refractivity contribution is -0.136. The predicted molar refractivity (Wildman–Crippen MR) is 87.6 cm³/mol. The number of halogens is 3. The van der Waals surface area contributed by atoms with Gasteiger partial charge in [-0.25, -0.2) is 0 Å². The monoisotopic (exact) mass is 336 g/mol. The van der Waals surface area contributed by atoms with Crippen LogP contribution in [0.2, 0.25) is 0 Å². The number of fused-ring (bicyclic) bond motifs is 4. The quantitative estimate of drug-likeness (QED) is 0.784. The second kappa shape index (κ2) is 4.77. The molecule has 2 aliphatic heterocycles. The highest BCUT2D eigenvalue weighted by molar-refractivity contribution is 5.89. The Morgan fingerprint density at radius 1 is 1.25 bits per heavy atom. The first-order chi connectivity index (χ1) is 11.2. The number of aryl methyl sites for hydroxylation is 1. The minimum absolute atomic E-state index is 0.0819. The maximum absolute atomic E-state index is 13.5. The molecule has 0 bridgehead atoms. The molecule has 1 fully saturated rings. The molecule has 2 aliphatic rings. The zero-order valence-corrected chi connectivity index (χ0v) is 13.7. The number of H-pyrrole nitrogens is 1. The Labute approximate surface area is 137 Å². The van der Waals surface area contributed by atoms with E-state index in [1.165, 1.54) is 6.92 Å². The van der Waals surface area contributed by atoms with Crippen LogP contribution in [0.5, 0.6) is 0 Å². The van der Waals surface area contributed by atoms with Crippen molar-refractivity contribution in [2.24, 2.45) is 0 Å². The van der Waals surface area contributed by atoms with Gasteiger partial charge in [0.15, 0.2) is 0 Å². The molecule has 128 valence electrons. The van der Waals surface area contributed by atoms with Crippen molar-refractivity contribution in [3.63, 3.8) is 0 Å². The molecule has 1 atom stereocenters. The molecule has 0 amide bonds. The molecule has 0 aliphatic carbocycles. The molecular weight excluding hydrogens is 317 g/mol. The lowest BCUT2D eigenvalue weighted by Gasteiger charge is -2.42. The number of benzene rings is 1. The lowest BCUT2D eigenvalue weighted by Crippen LogP contribution is -2.44. The Hall–Kier alpha value is -1.98. The molecule has 1 saturated heterocycles. The maximum atomic E-state index is 13.5. The van der Waals surface area contributed by atoms with Gasteiger partial charge in [0.25, 0.3) is 5.56 Å². The van der Waals surface area contributed by atoms with Crippen LogP contribution < -0.4 is 10.5 Å². The molecule has 6 heteroatoms. The SMILES string of the molecule is Cc1c(C(F)(F)F)c2cc3c(cc2[nH]c1=O)N1CCCC1(C)CC3. The molecule has 1 unspecified atom stereocenters. The van der Waals surface area contributed by atoms with Crippen LogP contribution in [0.1, 0.15) is 42.9 Å². The molecule has 3 heterocycles. The fourth-order valence-electron chi connectivity index (χ4n) is 4.39. The third-order valence-corrected chi connectivity index (χ3v) is 5.71. The highest BCUT2D eigenvalue weighted by Gasteiger charge is 2.41. The van der Waals surface area contributed by atoms with E-state index in [0.717, 1.165) is 43.5 Å². The number of nitrogens with zero attached hydrogens (tertiary/aromatic N) is 1. The van der Waals surface area contributed by atoms with Gasteiger partial charge in [0, 0.05) is 28.7 Å². The Bertz CT molecular complexity index is 900. The van der Waals surface area contributed by atoms with Gasteiger partial charge in [-0.1, -0.05) is 0 Å². The van der Waals surface area contributed by atoms with Crippen LogP contribution in [0.15, 0.2) is 16.9 Å². The largest absolute Gasteiger partial charge is 0.417 e. The summed E-state index contributed by atoms with van der Waals surface area (Å²) in [6.45, 7) is 4.36. The van der Waals surface area contributed by atoms with Crippen LogP contribution in [0.4, 0.5) is 18.9 Å². The fraction of sp³-hybridized carbons (Fsp3) is 0.500. The second-order valence-electron chi connectivity index (χ2n) is 7.23. The van der Waals surface area contributed by atoms with E-state index in [-0.39, 0.29) is 22.0 Å². The first-order valence-electron chi connectivity index (χ1n) is 8.25. The third-order valence-electron chi connectivity index (χ3n) is 5.71. The molecule has 0 saturated carbocycles. The number of aromatic amines is 1. The second-order valence-corrected chi connectivity index (χ2v) is 7.23. The van der Waals surface area contributed by atoms with Crippen LogP contribution in [0.3, 0.4) is 0 Å². The van der Waals surface area contributed by atoms with Crippen molar-refractivity contribution >= 4 is 16.6 Å². The molecule has 1 aromatic carbocycles. The van der Waals surface area contributed by atoms with Crippen LogP contribution in [-0.4, -0.2) is 17.1 Å². The van der Waals surface area contributed by atoms with Gasteiger partial charge in [-0.2, -0.15) is 13.2 Å². The molecule has 0 radical (unpaired) electrons. The fourth-order valence-corrected chi connectivity index (χ4v) is 4.39. The number of rotatable bonds is 0. The van der Waals surface area contributed by atoms with Gasteiger partial charge in [-0.3, -0.25) is 4.79 Å². The lowest BCUT2D eigenvalue weighted by atomic mass is 9.85. The van der Waals surface area contributed by atoms with Crippen molar-refractivity contribution in [3.8, 4) is 0 Å². The Morgan fingerprint density at radius 3 is 2.71 bits per heavy atom. The summed E-state index contributed by atoms with van der Waals surface area (Å²) in [6.07, 6.45) is -0.626. The number of hydrogen-bond donors (Lipinski definition) is 1. The number of nitrogens with one attached hydrogen (secondary N) is 1. The van der Waals surface area contributed by atoms with Crippen LogP contribution >= 0.6 is 0 Å². The van der Waals surface area contributed by atoms with E-state index in [2.05, 4.69) is 16.8 Å². The molecule has 1 aromatic heterocycles. The number of hydrogen-bond acceptors (Lipinski definition) is 2. The van der Waals surface area contributed by atoms with Gasteiger partial charge in [-0.15, -0.1) is 0 Å². The zero-order valence-electron chi connectivity index (χ0n) is 13.7. The summed E-state index contributed by atoms with van der Waals surface area (Å²) in [4.78, 5) is 16.9. The summed E-state index contributed by atoms with van der Waals surface area (Å²) < 4.78 is 40.5. The maximum Gasteiger partial charge on any atom is 0.417 e. The van der Waals surface area contributed by atoms with Crippen molar-refractivity contribution in [1.82, 2.24) is 4.98 Å². The average molecular weight is 336 g/mol. The molecule has 1 N–H and O–H groups in total. The Balaban J connectivity index is 2.02. The van der Waals surface area contributed by atoms with Crippen molar-refractivity contribution < 1.29 is 13.2 Å². The summed E-state index contributed by atoms with van der Waals surface area (Å²) in [5.74, 6) is 0. The topological polar surface area (TPSA) is 36.1 Å². The molecular formula is C18H19F3N2O. The van der Waals surface area contributed by atoms with Crippen molar-refractivity contribution in [2.45, 2.75) is 51.2 Å². The van der Waals surface area contributed by atoms with Gasteiger partial charge < -0.3 is 9.88 Å². The zero-order chi connectivity index (χ0) is 17.3. The number of alkyl halides is 3. The summed E-state index contributed by atoms with van der Waals surface area (Å²) in [7, 11) is 0. The minimum Gasteiger partial charge on any atom is -0.366 e. The van der Waals surface area contributed by atoms with Gasteiger partial charge in [-0.05, 0) is 57.2 Å². The van der Waals surface area contributed by atoms with Gasteiger partial charge in [0.2, 0.25) is 0 Å². The van der Waals surface area contributed by atoms with Gasteiger partial charge in [0.1, 0.15) is 0 Å². The van der Waals surface area contributed by atoms with E-state index in [4.69, 9.17) is 0 Å². The number of aromatic nitrogens is 1. The minimum atomic E-state index is -4.54. The first kappa shape index (κ1) is 15.5. The van der Waals surface area contributed by atoms with Crippen molar-refractivity contribution in [3.05, 3.63) is 39.2 Å². The van der Waals surface area contributed by atoms with E-state index in [9.17, 15) is 18.0 Å². The third kappa shape index (κ3) is 2.08. The molecule has 0 spiro atoms. The Morgan fingerprint density at radius 2 is 2.00 bits per heavy atom. The molecule has 3 nitrogen and oxygen atoms in total. The number of anilines is 1. The summed E-state index contributed by atoms with van der Waals surface area (Å²) in [5.41, 5.74) is 0.525. The molecule has 24 heavy (non-hydrogen) atoms. The van der Waals surface area contributed by atoms with E-state index in [1.54, 1.807) is 12.1 Å². The standard InChI is InChI=1S/C18H19F3N2O/c1-10-15(18(19,20)21)12-8-11-4-6-17(2)5-3-7-23(17)14(11)9-13(12)22-16(10)24/h8-9H,3-7H2,1-2H3,(H,22,24). The first-order valence-corrected chi connectivity index (χ1v) is 8.25. The van der Waals surface area contributed by atoms with Crippen LogP contribution in [-0.2, 0) is 12.6 Å². The number of pyridine rings is 1. The summed E-state index contributed by atoms with van der Waals surface area (Å²) >= 11 is 0. The van der Waals surface area contributed by atoms with E-state index >= 15 is 0 Å². The van der Waals surface area contributed by atoms with Gasteiger partial charge in [0.05, 0.1) is 11.1 Å². The Kier molecular flexibility index (Phi) is 3.09. The highest BCUT2D eigenvalue weighted by atomic mass is 19.4.